The predicted octanol–water partition coefficient (Wildman–Crippen LogP) is 1.37. The number of hydrogen-bond donors (Lipinski definition) is 4. The predicted molar refractivity (Wildman–Crippen MR) is 95.3 cm³/mol. The first kappa shape index (κ1) is 17.2. The van der Waals surface area contributed by atoms with Gasteiger partial charge in [0.15, 0.2) is 5.11 Å². The molecule has 0 saturated carbocycles. The van der Waals surface area contributed by atoms with Crippen molar-refractivity contribution in [2.24, 2.45) is 5.14 Å². The number of sulfonamides is 1. The topological polar surface area (TPSA) is 96.2 Å². The van der Waals surface area contributed by atoms with Gasteiger partial charge in [-0.1, -0.05) is 30.3 Å². The Bertz CT molecular complexity index is 747. The van der Waals surface area contributed by atoms with Crippen molar-refractivity contribution >= 4 is 33.0 Å². The molecule has 23 heavy (non-hydrogen) atoms. The fourth-order valence-corrected chi connectivity index (χ4v) is 2.53. The van der Waals surface area contributed by atoms with E-state index >= 15 is 0 Å². The van der Waals surface area contributed by atoms with Gasteiger partial charge in [0.2, 0.25) is 10.0 Å². The second-order valence-corrected chi connectivity index (χ2v) is 6.78. The monoisotopic (exact) mass is 350 g/mol. The molecule has 0 heterocycles. The van der Waals surface area contributed by atoms with Crippen LogP contribution in [0.1, 0.15) is 5.56 Å². The van der Waals surface area contributed by atoms with E-state index < -0.39 is 10.0 Å². The summed E-state index contributed by atoms with van der Waals surface area (Å²) in [5.74, 6) is 0. The van der Waals surface area contributed by atoms with Crippen LogP contribution < -0.4 is 21.3 Å². The van der Waals surface area contributed by atoms with Gasteiger partial charge in [0.1, 0.15) is 0 Å². The van der Waals surface area contributed by atoms with Crippen LogP contribution >= 0.6 is 12.2 Å². The number of benzene rings is 2. The number of nitrogens with two attached hydrogens (primary N) is 1. The first-order valence-electron chi connectivity index (χ1n) is 6.92. The lowest BCUT2D eigenvalue weighted by Gasteiger charge is -2.12. The molecule has 0 aromatic heterocycles. The quantitative estimate of drug-likeness (QED) is 0.464. The Balaban J connectivity index is 1.74. The highest BCUT2D eigenvalue weighted by Gasteiger charge is 2.06. The molecular formula is C15H18N4O2S2. The Morgan fingerprint density at radius 1 is 1.04 bits per heavy atom. The summed E-state index contributed by atoms with van der Waals surface area (Å²) in [6, 6.07) is 16.1. The van der Waals surface area contributed by atoms with E-state index in [1.165, 1.54) is 17.7 Å². The molecule has 0 aliphatic heterocycles. The van der Waals surface area contributed by atoms with Crippen LogP contribution in [0.25, 0.3) is 0 Å². The van der Waals surface area contributed by atoms with E-state index in [4.69, 9.17) is 17.4 Å². The summed E-state index contributed by atoms with van der Waals surface area (Å²) in [5, 5.41) is 8.57. The van der Waals surface area contributed by atoms with Crippen LogP contribution in [-0.4, -0.2) is 20.1 Å². The van der Waals surface area contributed by atoms with Crippen molar-refractivity contribution in [2.45, 2.75) is 11.3 Å². The Morgan fingerprint density at radius 2 is 1.70 bits per heavy atom. The van der Waals surface area contributed by atoms with Crippen molar-refractivity contribution in [1.29, 1.82) is 0 Å². The molecular weight excluding hydrogens is 332 g/mol. The molecule has 122 valence electrons. The number of primary sulfonamides is 1. The Morgan fingerprint density at radius 3 is 2.30 bits per heavy atom. The molecule has 0 bridgehead atoms. The zero-order valence-corrected chi connectivity index (χ0v) is 14.0. The molecule has 2 aromatic carbocycles. The first-order valence-corrected chi connectivity index (χ1v) is 8.87. The molecule has 0 aliphatic rings. The Labute approximate surface area is 141 Å². The maximum absolute atomic E-state index is 11.2. The Kier molecular flexibility index (Phi) is 5.91. The van der Waals surface area contributed by atoms with Gasteiger partial charge in [-0.15, -0.1) is 0 Å². The molecule has 6 nitrogen and oxygen atoms in total. The van der Waals surface area contributed by atoms with Crippen molar-refractivity contribution in [2.75, 3.05) is 12.0 Å². The lowest BCUT2D eigenvalue weighted by atomic mass is 10.1. The highest BCUT2D eigenvalue weighted by Crippen LogP contribution is 2.11. The average Bonchev–Trinajstić information content (AvgIpc) is 2.53. The van der Waals surface area contributed by atoms with Crippen LogP contribution in [0.4, 0.5) is 5.69 Å². The molecule has 0 fully saturated rings. The minimum atomic E-state index is -3.68. The number of rotatable bonds is 6. The van der Waals surface area contributed by atoms with E-state index in [1.54, 1.807) is 12.1 Å². The summed E-state index contributed by atoms with van der Waals surface area (Å²) in [5.41, 5.74) is 7.62. The maximum atomic E-state index is 11.2. The molecule has 5 N–H and O–H groups in total. The van der Waals surface area contributed by atoms with Gasteiger partial charge >= 0.3 is 0 Å². The van der Waals surface area contributed by atoms with E-state index in [0.29, 0.717) is 17.3 Å². The molecule has 0 aliphatic carbocycles. The van der Waals surface area contributed by atoms with Gasteiger partial charge in [-0.3, -0.25) is 10.9 Å². The number of anilines is 1. The van der Waals surface area contributed by atoms with Crippen LogP contribution in [0.5, 0.6) is 0 Å². The van der Waals surface area contributed by atoms with Gasteiger partial charge in [-0.05, 0) is 48.5 Å². The highest BCUT2D eigenvalue weighted by molar-refractivity contribution is 7.89. The minimum absolute atomic E-state index is 0.0617. The van der Waals surface area contributed by atoms with E-state index in [0.717, 1.165) is 6.42 Å². The molecule has 0 saturated heterocycles. The minimum Gasteiger partial charge on any atom is -0.361 e. The summed E-state index contributed by atoms with van der Waals surface area (Å²) < 4.78 is 22.3. The van der Waals surface area contributed by atoms with Crippen molar-refractivity contribution in [3.05, 3.63) is 60.2 Å². The van der Waals surface area contributed by atoms with Crippen LogP contribution in [0.15, 0.2) is 59.5 Å². The third kappa shape index (κ3) is 5.85. The zero-order chi connectivity index (χ0) is 16.7. The molecule has 0 spiro atoms. The fourth-order valence-electron chi connectivity index (χ4n) is 1.87. The summed E-state index contributed by atoms with van der Waals surface area (Å²) in [7, 11) is -3.68. The van der Waals surface area contributed by atoms with E-state index in [1.807, 2.05) is 18.2 Å². The lowest BCUT2D eigenvalue weighted by molar-refractivity contribution is 0.598. The fraction of sp³-hybridized carbons (Fsp3) is 0.133. The van der Waals surface area contributed by atoms with E-state index in [9.17, 15) is 8.42 Å². The maximum Gasteiger partial charge on any atom is 0.238 e. The largest absolute Gasteiger partial charge is 0.361 e. The summed E-state index contributed by atoms with van der Waals surface area (Å²) in [6.07, 6.45) is 0.867. The van der Waals surface area contributed by atoms with Crippen molar-refractivity contribution in [3.63, 3.8) is 0 Å². The lowest BCUT2D eigenvalue weighted by Crippen LogP contribution is -2.39. The normalized spacial score (nSPS) is 10.8. The van der Waals surface area contributed by atoms with Gasteiger partial charge < -0.3 is 5.32 Å². The van der Waals surface area contributed by atoms with Crippen LogP contribution in [-0.2, 0) is 16.4 Å². The van der Waals surface area contributed by atoms with Crippen LogP contribution in [0.3, 0.4) is 0 Å². The summed E-state index contributed by atoms with van der Waals surface area (Å²) >= 11 is 5.15. The molecule has 0 radical (unpaired) electrons. The zero-order valence-electron chi connectivity index (χ0n) is 12.3. The molecule has 0 amide bonds. The molecule has 0 atom stereocenters. The standard InChI is InChI=1S/C15H18N4O2S2/c16-23(20,21)14-8-6-13(7-9-14)18-19-15(22)17-11-10-12-4-2-1-3-5-12/h1-9,18H,10-11H2,(H2,16,20,21)(H2,17,19,22). The number of hydrazine groups is 1. The van der Waals surface area contributed by atoms with Crippen LogP contribution in [0, 0.1) is 0 Å². The molecule has 2 aromatic rings. The SMILES string of the molecule is NS(=O)(=O)c1ccc(NNC(=S)NCCc2ccccc2)cc1. The van der Waals surface area contributed by atoms with Gasteiger partial charge in [0, 0.05) is 6.54 Å². The average molecular weight is 350 g/mol. The van der Waals surface area contributed by atoms with Gasteiger partial charge in [-0.2, -0.15) is 0 Å². The second-order valence-electron chi connectivity index (χ2n) is 4.81. The first-order chi connectivity index (χ1) is 10.9. The van der Waals surface area contributed by atoms with Crippen LogP contribution in [0.2, 0.25) is 0 Å². The third-order valence-corrected chi connectivity index (χ3v) is 4.22. The van der Waals surface area contributed by atoms with Crippen molar-refractivity contribution in [1.82, 2.24) is 10.7 Å². The molecule has 0 unspecified atom stereocenters. The smallest absolute Gasteiger partial charge is 0.238 e. The van der Waals surface area contributed by atoms with Gasteiger partial charge in [-0.25, -0.2) is 13.6 Å². The summed E-state index contributed by atoms with van der Waals surface area (Å²) in [6.45, 7) is 0.710. The van der Waals surface area contributed by atoms with E-state index in [2.05, 4.69) is 28.3 Å². The van der Waals surface area contributed by atoms with Crippen molar-refractivity contribution in [3.8, 4) is 0 Å². The highest BCUT2D eigenvalue weighted by atomic mass is 32.2. The summed E-state index contributed by atoms with van der Waals surface area (Å²) in [4.78, 5) is 0.0617. The molecule has 2 rings (SSSR count). The number of thiocarbonyl (C=S) groups is 1. The second kappa shape index (κ2) is 7.91. The number of nitrogens with one attached hydrogen (secondary N) is 3. The molecule has 8 heteroatoms. The van der Waals surface area contributed by atoms with Gasteiger partial charge in [0.05, 0.1) is 10.6 Å². The number of hydrogen-bond acceptors (Lipinski definition) is 4. The van der Waals surface area contributed by atoms with E-state index in [-0.39, 0.29) is 4.90 Å². The van der Waals surface area contributed by atoms with Gasteiger partial charge in [0.25, 0.3) is 0 Å². The Hall–Kier alpha value is -2.16. The third-order valence-electron chi connectivity index (χ3n) is 3.05. The van der Waals surface area contributed by atoms with Crippen molar-refractivity contribution < 1.29 is 8.42 Å².